The Balaban J connectivity index is 1.84. The van der Waals surface area contributed by atoms with Gasteiger partial charge in [0, 0.05) is 29.7 Å². The number of rotatable bonds is 8. The van der Waals surface area contributed by atoms with E-state index < -0.39 is 0 Å². The maximum absolute atomic E-state index is 11.4. The van der Waals surface area contributed by atoms with Gasteiger partial charge in [-0.2, -0.15) is 0 Å². The third kappa shape index (κ3) is 4.09. The van der Waals surface area contributed by atoms with Crippen LogP contribution in [0.25, 0.3) is 0 Å². The molecule has 6 nitrogen and oxygen atoms in total. The minimum Gasteiger partial charge on any atom is -0.494 e. The number of hydrogen-bond donors (Lipinski definition) is 3. The Hall–Kier alpha value is -2.93. The number of nitrogens with one attached hydrogen (secondary N) is 1. The highest BCUT2D eigenvalue weighted by molar-refractivity contribution is 7.10. The molecular weight excluding hydrogens is 362 g/mol. The topological polar surface area (TPSA) is 77.7 Å². The second-order valence-corrected chi connectivity index (χ2v) is 7.38. The molecule has 0 aliphatic rings. The predicted molar refractivity (Wildman–Crippen MR) is 107 cm³/mol. The fourth-order valence-electron chi connectivity index (χ4n) is 3.07. The second kappa shape index (κ2) is 8.18. The molecule has 0 saturated carbocycles. The number of nitrogens with zero attached hydrogens (tertiary/aromatic N) is 2. The van der Waals surface area contributed by atoms with Gasteiger partial charge in [-0.3, -0.25) is 9.36 Å². The summed E-state index contributed by atoms with van der Waals surface area (Å²) < 4.78 is 1.37. The first kappa shape index (κ1) is 18.8. The first-order valence-electron chi connectivity index (χ1n) is 8.61. The lowest BCUT2D eigenvalue weighted by atomic mass is 10.0. The van der Waals surface area contributed by atoms with Gasteiger partial charge >= 0.3 is 0 Å². The van der Waals surface area contributed by atoms with Gasteiger partial charge in [-0.15, -0.1) is 11.3 Å². The summed E-state index contributed by atoms with van der Waals surface area (Å²) in [4.78, 5) is 14.3. The number of thiophene rings is 1. The van der Waals surface area contributed by atoms with Crippen molar-refractivity contribution in [1.82, 2.24) is 9.47 Å². The Kier molecular flexibility index (Phi) is 5.71. The van der Waals surface area contributed by atoms with Crippen LogP contribution in [-0.4, -0.2) is 33.1 Å². The third-order valence-electron chi connectivity index (χ3n) is 4.66. The zero-order valence-corrected chi connectivity index (χ0v) is 16.1. The monoisotopic (exact) mass is 385 g/mol. The molecule has 0 bridgehead atoms. The van der Waals surface area contributed by atoms with Crippen LogP contribution in [0.3, 0.4) is 0 Å². The predicted octanol–water partition coefficient (Wildman–Crippen LogP) is 3.71. The van der Waals surface area contributed by atoms with Gasteiger partial charge in [-0.25, -0.2) is 0 Å². The summed E-state index contributed by atoms with van der Waals surface area (Å²) in [6.07, 6.45) is 1.51. The van der Waals surface area contributed by atoms with Gasteiger partial charge in [-0.1, -0.05) is 18.2 Å². The van der Waals surface area contributed by atoms with E-state index in [1.54, 1.807) is 23.3 Å². The minimum atomic E-state index is -0.0566. The zero-order chi connectivity index (χ0) is 19.4. The van der Waals surface area contributed by atoms with Crippen LogP contribution in [0.2, 0.25) is 0 Å². The van der Waals surface area contributed by atoms with E-state index in [4.69, 9.17) is 0 Å². The van der Waals surface area contributed by atoms with E-state index in [2.05, 4.69) is 18.3 Å². The van der Waals surface area contributed by atoms with Crippen molar-refractivity contribution in [3.8, 4) is 11.8 Å². The van der Waals surface area contributed by atoms with Gasteiger partial charge in [0.2, 0.25) is 6.41 Å². The van der Waals surface area contributed by atoms with Crippen molar-refractivity contribution in [2.45, 2.75) is 26.1 Å². The molecule has 0 radical (unpaired) electrons. The molecule has 3 rings (SSSR count). The van der Waals surface area contributed by atoms with E-state index in [1.165, 1.54) is 27.1 Å². The number of hydrogen-bond acceptors (Lipinski definition) is 5. The van der Waals surface area contributed by atoms with E-state index in [9.17, 15) is 15.0 Å². The van der Waals surface area contributed by atoms with Gasteiger partial charge in [0.1, 0.15) is 0 Å². The molecule has 1 aromatic carbocycles. The van der Waals surface area contributed by atoms with Crippen molar-refractivity contribution in [1.29, 1.82) is 0 Å². The Bertz CT molecular complexity index is 899. The maximum atomic E-state index is 11.4. The number of likely N-dealkylation sites (N-methyl/N-ethyl adjacent to an activating group) is 1. The van der Waals surface area contributed by atoms with E-state index in [1.807, 2.05) is 29.6 Å². The molecule has 27 heavy (non-hydrogen) atoms. The van der Waals surface area contributed by atoms with E-state index in [0.29, 0.717) is 6.42 Å². The van der Waals surface area contributed by atoms with Gasteiger partial charge in [0.25, 0.3) is 0 Å². The summed E-state index contributed by atoms with van der Waals surface area (Å²) in [5.74, 6) is -0.0180. The number of anilines is 1. The van der Waals surface area contributed by atoms with Crippen molar-refractivity contribution in [3.63, 3.8) is 0 Å². The van der Waals surface area contributed by atoms with Crippen LogP contribution in [0.5, 0.6) is 11.8 Å². The molecular formula is C20H23N3O3S. The van der Waals surface area contributed by atoms with Crippen LogP contribution in [0, 0.1) is 6.92 Å². The normalized spacial score (nSPS) is 11.9. The van der Waals surface area contributed by atoms with Crippen LogP contribution >= 0.6 is 11.3 Å². The van der Waals surface area contributed by atoms with Gasteiger partial charge < -0.3 is 20.4 Å². The molecule has 2 heterocycles. The molecule has 0 spiro atoms. The maximum Gasteiger partial charge on any atom is 0.209 e. The summed E-state index contributed by atoms with van der Waals surface area (Å²) in [5, 5.41) is 24.9. The van der Waals surface area contributed by atoms with E-state index in [-0.39, 0.29) is 24.5 Å². The SMILES string of the molecule is Cc1ccsc1C(Cc1ccccc1NCn1c(O)ccc1O)N(C)C=O. The molecule has 7 heteroatoms. The van der Waals surface area contributed by atoms with E-state index >= 15 is 0 Å². The number of amides is 1. The van der Waals surface area contributed by atoms with Crippen molar-refractivity contribution in [2.24, 2.45) is 0 Å². The summed E-state index contributed by atoms with van der Waals surface area (Å²) >= 11 is 1.65. The number of aromatic nitrogens is 1. The first-order valence-corrected chi connectivity index (χ1v) is 9.49. The second-order valence-electron chi connectivity index (χ2n) is 6.43. The number of aromatic hydroxyl groups is 2. The number of aryl methyl sites for hydroxylation is 1. The van der Waals surface area contributed by atoms with Crippen molar-refractivity contribution >= 4 is 23.4 Å². The molecule has 142 valence electrons. The lowest BCUT2D eigenvalue weighted by molar-refractivity contribution is -0.118. The number of para-hydroxylation sites is 1. The average molecular weight is 385 g/mol. The first-order chi connectivity index (χ1) is 13.0. The zero-order valence-electron chi connectivity index (χ0n) is 15.3. The number of benzene rings is 1. The van der Waals surface area contributed by atoms with Crippen molar-refractivity contribution in [3.05, 3.63) is 63.8 Å². The molecule has 3 N–H and O–H groups in total. The van der Waals surface area contributed by atoms with Crippen LogP contribution in [0.1, 0.15) is 22.0 Å². The van der Waals surface area contributed by atoms with Crippen LogP contribution in [0.15, 0.2) is 47.8 Å². The molecule has 0 aliphatic heterocycles. The molecule has 0 saturated heterocycles. The summed E-state index contributed by atoms with van der Waals surface area (Å²) in [5.41, 5.74) is 3.12. The highest BCUT2D eigenvalue weighted by Crippen LogP contribution is 2.32. The standard InChI is InChI=1S/C20H23N3O3S/c1-14-9-10-27-20(14)17(22(2)13-24)11-15-5-3-4-6-16(15)21-12-23-18(25)7-8-19(23)26/h3-10,13,17,21,25-26H,11-12H2,1-2H3. The van der Waals surface area contributed by atoms with Crippen molar-refractivity contribution in [2.75, 3.05) is 12.4 Å². The highest BCUT2D eigenvalue weighted by atomic mass is 32.1. The quantitative estimate of drug-likeness (QED) is 0.517. The smallest absolute Gasteiger partial charge is 0.209 e. The summed E-state index contributed by atoms with van der Waals surface area (Å²) in [7, 11) is 1.79. The Morgan fingerprint density at radius 3 is 2.52 bits per heavy atom. The summed E-state index contributed by atoms with van der Waals surface area (Å²) in [6, 6.07) is 12.8. The third-order valence-corrected chi connectivity index (χ3v) is 5.78. The van der Waals surface area contributed by atoms with Crippen LogP contribution in [0.4, 0.5) is 5.69 Å². The molecule has 2 aromatic heterocycles. The number of carbonyl (C=O) groups is 1. The van der Waals surface area contributed by atoms with Crippen LogP contribution < -0.4 is 5.32 Å². The lowest BCUT2D eigenvalue weighted by Crippen LogP contribution is -2.25. The fourth-order valence-corrected chi connectivity index (χ4v) is 4.15. The fraction of sp³-hybridized carbons (Fsp3) is 0.250. The Morgan fingerprint density at radius 2 is 1.89 bits per heavy atom. The minimum absolute atomic E-state index is 0.00902. The molecule has 0 aliphatic carbocycles. The number of carbonyl (C=O) groups excluding carboxylic acids is 1. The van der Waals surface area contributed by atoms with Crippen LogP contribution in [-0.2, 0) is 17.9 Å². The Morgan fingerprint density at radius 1 is 1.19 bits per heavy atom. The van der Waals surface area contributed by atoms with Gasteiger partial charge in [0.15, 0.2) is 11.8 Å². The molecule has 1 unspecified atom stereocenters. The van der Waals surface area contributed by atoms with Gasteiger partial charge in [0.05, 0.1) is 12.7 Å². The Labute approximate surface area is 162 Å². The largest absolute Gasteiger partial charge is 0.494 e. The lowest BCUT2D eigenvalue weighted by Gasteiger charge is -2.26. The van der Waals surface area contributed by atoms with E-state index in [0.717, 1.165) is 17.7 Å². The summed E-state index contributed by atoms with van der Waals surface area (Å²) in [6.45, 7) is 2.28. The molecule has 3 aromatic rings. The molecule has 1 amide bonds. The highest BCUT2D eigenvalue weighted by Gasteiger charge is 2.21. The van der Waals surface area contributed by atoms with Crippen molar-refractivity contribution < 1.29 is 15.0 Å². The average Bonchev–Trinajstić information content (AvgIpc) is 3.23. The van der Waals surface area contributed by atoms with Gasteiger partial charge in [-0.05, 0) is 42.0 Å². The molecule has 0 fully saturated rings. The molecule has 1 atom stereocenters.